The molecule has 4 heterocycles. The number of piperazine rings is 1. The highest BCUT2D eigenvalue weighted by atomic mass is 16.3. The fraction of sp³-hybridized carbons (Fsp3) is 0.273. The lowest BCUT2D eigenvalue weighted by Gasteiger charge is -2.43. The first-order valence-electron chi connectivity index (χ1n) is 10.1. The van der Waals surface area contributed by atoms with Crippen molar-refractivity contribution in [2.24, 2.45) is 0 Å². The van der Waals surface area contributed by atoms with E-state index < -0.39 is 0 Å². The lowest BCUT2D eigenvalue weighted by molar-refractivity contribution is 0.0619. The van der Waals surface area contributed by atoms with Crippen LogP contribution in [0.2, 0.25) is 0 Å². The molecule has 0 bridgehead atoms. The molecule has 5 N–H and O–H groups in total. The fourth-order valence-electron chi connectivity index (χ4n) is 4.79. The van der Waals surface area contributed by atoms with E-state index in [1.165, 1.54) is 6.20 Å². The standard InChI is InChI=1S/C22H22N6O2/c23-14-1-2-16-13(9-14)10-17(26-16)21(30)28-8-7-27(12-22(28)4-5-22)19-15-3-6-24-20(15)25-11-18(19)29/h1-3,6,9-11,26,29H,4-5,7-8,12,23H2,(H,24,25). The van der Waals surface area contributed by atoms with Gasteiger partial charge >= 0.3 is 0 Å². The maximum atomic E-state index is 13.4. The number of carbonyl (C=O) groups excluding carboxylic acids is 1. The number of benzene rings is 1. The highest BCUT2D eigenvalue weighted by Gasteiger charge is 2.53. The van der Waals surface area contributed by atoms with E-state index in [1.807, 2.05) is 41.4 Å². The van der Waals surface area contributed by atoms with E-state index in [-0.39, 0.29) is 17.2 Å². The van der Waals surface area contributed by atoms with Gasteiger partial charge in [-0.05, 0) is 43.2 Å². The minimum Gasteiger partial charge on any atom is -0.504 e. The van der Waals surface area contributed by atoms with E-state index in [0.29, 0.717) is 31.0 Å². The van der Waals surface area contributed by atoms with Crippen LogP contribution in [0.5, 0.6) is 5.75 Å². The molecule has 1 aromatic carbocycles. The maximum Gasteiger partial charge on any atom is 0.270 e. The molecule has 2 fully saturated rings. The lowest BCUT2D eigenvalue weighted by Crippen LogP contribution is -2.57. The van der Waals surface area contributed by atoms with Crippen molar-refractivity contribution in [3.05, 3.63) is 48.4 Å². The molecule has 0 unspecified atom stereocenters. The SMILES string of the molecule is Nc1ccc2[nH]c(C(=O)N3CCN(c4c(O)cnc5[nH]ccc45)CC34CC4)cc2c1. The van der Waals surface area contributed by atoms with Gasteiger partial charge in [0.25, 0.3) is 5.91 Å². The number of nitrogens with one attached hydrogen (secondary N) is 2. The smallest absolute Gasteiger partial charge is 0.270 e. The molecule has 2 aliphatic rings. The average Bonchev–Trinajstić information content (AvgIpc) is 3.15. The van der Waals surface area contributed by atoms with E-state index in [0.717, 1.165) is 40.5 Å². The van der Waals surface area contributed by atoms with E-state index in [2.05, 4.69) is 19.9 Å². The quantitative estimate of drug-likeness (QED) is 0.385. The Morgan fingerprint density at radius 1 is 1.20 bits per heavy atom. The highest BCUT2D eigenvalue weighted by Crippen LogP contribution is 2.47. The predicted octanol–water partition coefficient (Wildman–Crippen LogP) is 2.83. The fourth-order valence-corrected chi connectivity index (χ4v) is 4.79. The molecule has 152 valence electrons. The van der Waals surface area contributed by atoms with E-state index in [1.54, 1.807) is 0 Å². The van der Waals surface area contributed by atoms with Crippen molar-refractivity contribution in [1.29, 1.82) is 0 Å². The zero-order valence-electron chi connectivity index (χ0n) is 16.4. The molecule has 1 spiro atoms. The number of fused-ring (bicyclic) bond motifs is 2. The Labute approximate surface area is 172 Å². The van der Waals surface area contributed by atoms with E-state index in [4.69, 9.17) is 5.73 Å². The molecule has 1 saturated carbocycles. The van der Waals surface area contributed by atoms with Gasteiger partial charge in [-0.15, -0.1) is 0 Å². The van der Waals surface area contributed by atoms with Crippen LogP contribution < -0.4 is 10.6 Å². The summed E-state index contributed by atoms with van der Waals surface area (Å²) in [4.78, 5) is 28.2. The topological polar surface area (TPSA) is 114 Å². The second kappa shape index (κ2) is 5.91. The number of pyridine rings is 1. The highest BCUT2D eigenvalue weighted by molar-refractivity contribution is 5.99. The van der Waals surface area contributed by atoms with Crippen molar-refractivity contribution in [2.75, 3.05) is 30.3 Å². The zero-order chi connectivity index (χ0) is 20.5. The minimum absolute atomic E-state index is 0.0210. The van der Waals surface area contributed by atoms with Gasteiger partial charge in [0.1, 0.15) is 11.3 Å². The number of nitrogen functional groups attached to an aromatic ring is 1. The molecular weight excluding hydrogens is 380 g/mol. The molecule has 3 aromatic heterocycles. The van der Waals surface area contributed by atoms with Gasteiger partial charge in [-0.25, -0.2) is 4.98 Å². The number of carbonyl (C=O) groups is 1. The van der Waals surface area contributed by atoms with Gasteiger partial charge in [0.2, 0.25) is 0 Å². The number of rotatable bonds is 2. The third-order valence-corrected chi connectivity index (χ3v) is 6.45. The Morgan fingerprint density at radius 3 is 2.90 bits per heavy atom. The third-order valence-electron chi connectivity index (χ3n) is 6.45. The largest absolute Gasteiger partial charge is 0.504 e. The van der Waals surface area contributed by atoms with Gasteiger partial charge in [0.15, 0.2) is 5.75 Å². The van der Waals surface area contributed by atoms with Crippen LogP contribution in [0.4, 0.5) is 11.4 Å². The molecule has 1 saturated heterocycles. The number of aromatic nitrogens is 3. The first kappa shape index (κ1) is 17.2. The minimum atomic E-state index is -0.190. The van der Waals surface area contributed by atoms with Gasteiger partial charge in [-0.2, -0.15) is 0 Å². The van der Waals surface area contributed by atoms with Crippen molar-refractivity contribution >= 4 is 39.2 Å². The Kier molecular flexibility index (Phi) is 3.39. The third kappa shape index (κ3) is 2.46. The normalized spacial score (nSPS) is 17.9. The van der Waals surface area contributed by atoms with Gasteiger partial charge < -0.3 is 30.6 Å². The average molecular weight is 402 g/mol. The number of anilines is 2. The second-order valence-corrected chi connectivity index (χ2v) is 8.36. The molecule has 8 nitrogen and oxygen atoms in total. The molecule has 8 heteroatoms. The summed E-state index contributed by atoms with van der Waals surface area (Å²) in [6, 6.07) is 9.43. The summed E-state index contributed by atoms with van der Waals surface area (Å²) >= 11 is 0. The molecule has 1 amide bonds. The van der Waals surface area contributed by atoms with Crippen LogP contribution in [-0.4, -0.2) is 56.0 Å². The second-order valence-electron chi connectivity index (χ2n) is 8.36. The van der Waals surface area contributed by atoms with Crippen LogP contribution in [0, 0.1) is 0 Å². The van der Waals surface area contributed by atoms with Crippen LogP contribution in [0.15, 0.2) is 42.7 Å². The first-order valence-corrected chi connectivity index (χ1v) is 10.1. The molecule has 0 radical (unpaired) electrons. The Morgan fingerprint density at radius 2 is 2.07 bits per heavy atom. The van der Waals surface area contributed by atoms with Gasteiger partial charge in [-0.1, -0.05) is 0 Å². The molecule has 4 aromatic rings. The molecule has 0 atom stereocenters. The summed E-state index contributed by atoms with van der Waals surface area (Å²) in [5, 5.41) is 12.4. The number of nitrogens with zero attached hydrogens (tertiary/aromatic N) is 3. The van der Waals surface area contributed by atoms with Crippen molar-refractivity contribution in [1.82, 2.24) is 19.9 Å². The molecule has 1 aliphatic carbocycles. The Hall–Kier alpha value is -3.68. The van der Waals surface area contributed by atoms with Crippen molar-refractivity contribution in [2.45, 2.75) is 18.4 Å². The van der Waals surface area contributed by atoms with Gasteiger partial charge in [-0.3, -0.25) is 4.79 Å². The summed E-state index contributed by atoms with van der Waals surface area (Å²) in [5.41, 5.74) is 9.42. The van der Waals surface area contributed by atoms with Gasteiger partial charge in [0, 0.05) is 47.8 Å². The maximum absolute atomic E-state index is 13.4. The number of H-pyrrole nitrogens is 2. The number of aromatic amines is 2. The lowest BCUT2D eigenvalue weighted by atomic mass is 10.1. The summed E-state index contributed by atoms with van der Waals surface area (Å²) in [6.07, 6.45) is 5.24. The number of nitrogens with two attached hydrogens (primary N) is 1. The molecule has 6 rings (SSSR count). The van der Waals surface area contributed by atoms with Crippen LogP contribution in [-0.2, 0) is 0 Å². The number of hydrogen-bond donors (Lipinski definition) is 4. The summed E-state index contributed by atoms with van der Waals surface area (Å²) < 4.78 is 0. The molecule has 1 aliphatic heterocycles. The number of hydrogen-bond acceptors (Lipinski definition) is 5. The Balaban J connectivity index is 1.31. The van der Waals surface area contributed by atoms with E-state index in [9.17, 15) is 9.90 Å². The van der Waals surface area contributed by atoms with Crippen molar-refractivity contribution in [3.63, 3.8) is 0 Å². The number of amides is 1. The zero-order valence-corrected chi connectivity index (χ0v) is 16.4. The Bertz CT molecular complexity index is 1300. The van der Waals surface area contributed by atoms with Crippen LogP contribution in [0.1, 0.15) is 23.3 Å². The first-order chi connectivity index (χ1) is 14.5. The molecular formula is C22H22N6O2. The van der Waals surface area contributed by atoms with Crippen LogP contribution in [0.3, 0.4) is 0 Å². The van der Waals surface area contributed by atoms with Crippen molar-refractivity contribution in [3.8, 4) is 5.75 Å². The summed E-state index contributed by atoms with van der Waals surface area (Å²) in [7, 11) is 0. The van der Waals surface area contributed by atoms with Crippen molar-refractivity contribution < 1.29 is 9.90 Å². The molecule has 30 heavy (non-hydrogen) atoms. The summed E-state index contributed by atoms with van der Waals surface area (Å²) in [6.45, 7) is 1.95. The monoisotopic (exact) mass is 402 g/mol. The van der Waals surface area contributed by atoms with E-state index >= 15 is 0 Å². The summed E-state index contributed by atoms with van der Waals surface area (Å²) in [5.74, 6) is 0.193. The predicted molar refractivity (Wildman–Crippen MR) is 116 cm³/mol. The number of aromatic hydroxyl groups is 1. The van der Waals surface area contributed by atoms with Crippen LogP contribution >= 0.6 is 0 Å². The van der Waals surface area contributed by atoms with Gasteiger partial charge in [0.05, 0.1) is 17.4 Å². The van der Waals surface area contributed by atoms with Crippen LogP contribution in [0.25, 0.3) is 21.9 Å².